The Morgan fingerprint density at radius 3 is 2.35 bits per heavy atom. The van der Waals surface area contributed by atoms with E-state index in [-0.39, 0.29) is 12.5 Å². The average Bonchev–Trinajstić information content (AvgIpc) is 2.51. The van der Waals surface area contributed by atoms with Gasteiger partial charge in [-0.3, -0.25) is 0 Å². The fourth-order valence-corrected chi connectivity index (χ4v) is 3.83. The highest BCUT2D eigenvalue weighted by atomic mass is 16.5. The number of nitrogens with two attached hydrogens (primary N) is 2. The summed E-state index contributed by atoms with van der Waals surface area (Å²) in [5.41, 5.74) is 9.93. The Bertz CT molecular complexity index is 342. The zero-order valence-electron chi connectivity index (χ0n) is 12.7. The minimum absolute atomic E-state index is 0.204. The summed E-state index contributed by atoms with van der Waals surface area (Å²) in [6, 6.07) is 0. The van der Waals surface area contributed by atoms with E-state index in [2.05, 4.69) is 0 Å². The van der Waals surface area contributed by atoms with E-state index in [9.17, 15) is 9.59 Å². The normalized spacial score (nSPS) is 22.6. The molecule has 0 saturated heterocycles. The Morgan fingerprint density at radius 1 is 1.35 bits per heavy atom. The topological polar surface area (TPSA) is 95.4 Å². The summed E-state index contributed by atoms with van der Waals surface area (Å²) in [6.45, 7) is 2.26. The van der Waals surface area contributed by atoms with E-state index in [1.807, 2.05) is 6.92 Å². The maximum absolute atomic E-state index is 12.2. The van der Waals surface area contributed by atoms with E-state index < -0.39 is 16.9 Å². The van der Waals surface area contributed by atoms with Gasteiger partial charge < -0.3 is 21.0 Å². The van der Waals surface area contributed by atoms with E-state index >= 15 is 0 Å². The molecule has 0 heterocycles. The van der Waals surface area contributed by atoms with Gasteiger partial charge in [-0.05, 0) is 25.2 Å². The van der Waals surface area contributed by atoms with Crippen molar-refractivity contribution in [2.24, 2.45) is 22.8 Å². The number of ether oxygens (including phenoxy) is 1. The summed E-state index contributed by atoms with van der Waals surface area (Å²) in [7, 11) is 1.27. The highest BCUT2D eigenvalue weighted by molar-refractivity contribution is 5.99. The van der Waals surface area contributed by atoms with Crippen LogP contribution in [0.15, 0.2) is 0 Å². The van der Waals surface area contributed by atoms with Crippen LogP contribution >= 0.6 is 0 Å². The maximum Gasteiger partial charge on any atom is 0.333 e. The first kappa shape index (κ1) is 17.1. The first-order chi connectivity index (χ1) is 9.52. The van der Waals surface area contributed by atoms with E-state index in [1.54, 1.807) is 0 Å². The van der Waals surface area contributed by atoms with E-state index in [1.165, 1.54) is 13.5 Å². The fourth-order valence-electron chi connectivity index (χ4n) is 3.83. The zero-order valence-corrected chi connectivity index (χ0v) is 12.7. The molecule has 0 bridgehead atoms. The van der Waals surface area contributed by atoms with Gasteiger partial charge in [-0.1, -0.05) is 32.6 Å². The molecule has 2 atom stereocenters. The van der Waals surface area contributed by atoms with Crippen LogP contribution in [0.1, 0.15) is 51.9 Å². The van der Waals surface area contributed by atoms with Crippen LogP contribution in [0.2, 0.25) is 0 Å². The van der Waals surface area contributed by atoms with Gasteiger partial charge in [0.05, 0.1) is 7.11 Å². The first-order valence-corrected chi connectivity index (χ1v) is 7.56. The molecule has 2 unspecified atom stereocenters. The van der Waals surface area contributed by atoms with Crippen LogP contribution in [0.4, 0.5) is 0 Å². The van der Waals surface area contributed by atoms with Crippen molar-refractivity contribution < 1.29 is 14.3 Å². The maximum atomic E-state index is 12.2. The van der Waals surface area contributed by atoms with E-state index in [0.29, 0.717) is 12.7 Å². The van der Waals surface area contributed by atoms with Crippen molar-refractivity contribution in [2.45, 2.75) is 57.4 Å². The molecule has 1 aliphatic rings. The second-order valence-corrected chi connectivity index (χ2v) is 5.92. The second kappa shape index (κ2) is 7.18. The van der Waals surface area contributed by atoms with Crippen LogP contribution in [0.3, 0.4) is 0 Å². The molecule has 1 fully saturated rings. The lowest BCUT2D eigenvalue weighted by Crippen LogP contribution is -2.68. The van der Waals surface area contributed by atoms with Gasteiger partial charge in [0.25, 0.3) is 0 Å². The number of esters is 1. The molecular formula is C15H28N2O3. The molecule has 0 aliphatic heterocycles. The Labute approximate surface area is 121 Å². The van der Waals surface area contributed by atoms with Crippen molar-refractivity contribution in [1.29, 1.82) is 0 Å². The summed E-state index contributed by atoms with van der Waals surface area (Å²) in [6.07, 6.45) is 7.40. The molecule has 5 nitrogen and oxygen atoms in total. The number of hydrogen-bond donors (Lipinski definition) is 2. The fraction of sp³-hybridized carbons (Fsp3) is 0.867. The van der Waals surface area contributed by atoms with Crippen molar-refractivity contribution in [2.75, 3.05) is 13.7 Å². The van der Waals surface area contributed by atoms with E-state index in [4.69, 9.17) is 16.2 Å². The largest absolute Gasteiger partial charge is 0.467 e. The van der Waals surface area contributed by atoms with Crippen molar-refractivity contribution in [3.05, 3.63) is 0 Å². The van der Waals surface area contributed by atoms with Crippen molar-refractivity contribution in [3.63, 3.8) is 0 Å². The van der Waals surface area contributed by atoms with Gasteiger partial charge in [0.1, 0.15) is 0 Å². The highest BCUT2D eigenvalue weighted by Crippen LogP contribution is 2.47. The Kier molecular flexibility index (Phi) is 6.14. The minimum Gasteiger partial charge on any atom is -0.467 e. The number of methoxy groups -OCH3 is 1. The molecule has 1 rings (SSSR count). The van der Waals surface area contributed by atoms with Crippen LogP contribution in [0.5, 0.6) is 0 Å². The smallest absolute Gasteiger partial charge is 0.333 e. The van der Waals surface area contributed by atoms with Crippen LogP contribution < -0.4 is 11.5 Å². The summed E-state index contributed by atoms with van der Waals surface area (Å²) in [5.74, 6) is -0.465. The predicted octanol–water partition coefficient (Wildman–Crippen LogP) is 1.38. The number of hydrogen-bond acceptors (Lipinski definition) is 5. The average molecular weight is 284 g/mol. The lowest BCUT2D eigenvalue weighted by atomic mass is 9.57. The molecule has 0 spiro atoms. The van der Waals surface area contributed by atoms with Gasteiger partial charge in [0.15, 0.2) is 11.8 Å². The van der Waals surface area contributed by atoms with Crippen molar-refractivity contribution in [3.8, 4) is 0 Å². The Balaban J connectivity index is 3.25. The second-order valence-electron chi connectivity index (χ2n) is 5.92. The first-order valence-electron chi connectivity index (χ1n) is 7.56. The summed E-state index contributed by atoms with van der Waals surface area (Å²) < 4.78 is 4.80. The number of carbonyl (C=O) groups excluding carboxylic acids is 2. The zero-order chi connectivity index (χ0) is 15.2. The number of rotatable bonds is 7. The molecule has 0 amide bonds. The van der Waals surface area contributed by atoms with Gasteiger partial charge in [0, 0.05) is 12.0 Å². The summed E-state index contributed by atoms with van der Waals surface area (Å²) >= 11 is 0. The van der Waals surface area contributed by atoms with Gasteiger partial charge in [0.2, 0.25) is 0 Å². The highest BCUT2D eigenvalue weighted by Gasteiger charge is 2.57. The molecule has 1 saturated carbocycles. The SMILES string of the molecule is CCCC(CN)(C1CCCCC1)C(N)(C=O)C(=O)OC. The molecular weight excluding hydrogens is 256 g/mol. The standard InChI is InChI=1S/C15H28N2O3/c1-3-9-14(10-16,12-7-5-4-6-8-12)15(17,11-18)13(19)20-2/h11-12H,3-10,16-17H2,1-2H3. The molecule has 0 aromatic carbocycles. The van der Waals surface area contributed by atoms with Gasteiger partial charge >= 0.3 is 5.97 Å². The van der Waals surface area contributed by atoms with Crippen molar-refractivity contribution in [1.82, 2.24) is 0 Å². The van der Waals surface area contributed by atoms with Gasteiger partial charge in [-0.25, -0.2) is 4.79 Å². The molecule has 5 heteroatoms. The molecule has 1 aliphatic carbocycles. The van der Waals surface area contributed by atoms with Crippen LogP contribution in [-0.2, 0) is 14.3 Å². The molecule has 0 aromatic heterocycles. The van der Waals surface area contributed by atoms with Crippen molar-refractivity contribution >= 4 is 12.3 Å². The molecule has 116 valence electrons. The third kappa shape index (κ3) is 2.74. The number of aldehydes is 1. The predicted molar refractivity (Wildman–Crippen MR) is 78.0 cm³/mol. The lowest BCUT2D eigenvalue weighted by Gasteiger charge is -2.49. The quantitative estimate of drug-likeness (QED) is 0.418. The monoisotopic (exact) mass is 284 g/mol. The van der Waals surface area contributed by atoms with Gasteiger partial charge in [-0.2, -0.15) is 0 Å². The van der Waals surface area contributed by atoms with E-state index in [0.717, 1.165) is 32.1 Å². The number of carbonyl (C=O) groups is 2. The Morgan fingerprint density at radius 2 is 1.95 bits per heavy atom. The minimum atomic E-state index is -1.64. The molecule has 0 aromatic rings. The Hall–Kier alpha value is -0.940. The van der Waals surface area contributed by atoms with Crippen LogP contribution in [0, 0.1) is 11.3 Å². The third-order valence-electron chi connectivity index (χ3n) is 4.98. The lowest BCUT2D eigenvalue weighted by molar-refractivity contribution is -0.158. The van der Waals surface area contributed by atoms with Crippen LogP contribution in [-0.4, -0.2) is 31.4 Å². The molecule has 0 radical (unpaired) electrons. The molecule has 4 N–H and O–H groups in total. The molecule has 20 heavy (non-hydrogen) atoms. The summed E-state index contributed by atoms with van der Waals surface area (Å²) in [4.78, 5) is 23.8. The van der Waals surface area contributed by atoms with Gasteiger partial charge in [-0.15, -0.1) is 0 Å². The third-order valence-corrected chi connectivity index (χ3v) is 4.98. The van der Waals surface area contributed by atoms with Crippen LogP contribution in [0.25, 0.3) is 0 Å². The summed E-state index contributed by atoms with van der Waals surface area (Å²) in [5, 5.41) is 0.